The van der Waals surface area contributed by atoms with E-state index in [4.69, 9.17) is 16.6 Å². The van der Waals surface area contributed by atoms with E-state index in [9.17, 15) is 4.79 Å². The van der Waals surface area contributed by atoms with Crippen LogP contribution >= 0.6 is 23.4 Å². The smallest absolute Gasteiger partial charge is 0.295 e. The molecule has 45 heavy (non-hydrogen) atoms. The van der Waals surface area contributed by atoms with Crippen molar-refractivity contribution in [1.82, 2.24) is 18.7 Å². The highest BCUT2D eigenvalue weighted by atomic mass is 35.5. The zero-order chi connectivity index (χ0) is 32.6. The first kappa shape index (κ1) is 35.3. The number of fused-ring (bicyclic) bond motifs is 1. The molecule has 2 aromatic carbocycles. The quantitative estimate of drug-likeness (QED) is 0.121. The number of nitrogens with one attached hydrogen (secondary N) is 1. The van der Waals surface area contributed by atoms with Gasteiger partial charge in [0.25, 0.3) is 0 Å². The lowest BCUT2D eigenvalue weighted by molar-refractivity contribution is 0.270. The molecule has 4 aromatic rings. The molecule has 7 nitrogen and oxygen atoms in total. The number of nitrogens with zero attached hydrogens (tertiary/aromatic N) is 3. The van der Waals surface area contributed by atoms with Gasteiger partial charge in [0.15, 0.2) is 5.65 Å². The van der Waals surface area contributed by atoms with Crippen LogP contribution in [0.2, 0.25) is 5.02 Å². The van der Waals surface area contributed by atoms with Crippen LogP contribution in [0.4, 0.5) is 0 Å². The van der Waals surface area contributed by atoms with E-state index in [-0.39, 0.29) is 22.4 Å². The molecule has 0 radical (unpaired) electrons. The zero-order valence-electron chi connectivity index (χ0n) is 27.2. The second-order valence-electron chi connectivity index (χ2n) is 11.9. The average Bonchev–Trinajstić information content (AvgIpc) is 3.36. The number of aromatic nitrogens is 3. The number of aryl methyl sites for hydroxylation is 1. The molecule has 0 bridgehead atoms. The van der Waals surface area contributed by atoms with Crippen molar-refractivity contribution in [2.24, 2.45) is 11.8 Å². The maximum atomic E-state index is 15.3. The molecule has 0 saturated heterocycles. The SMILES string of the molecule is CCCCC(CC)CN(CC(CC)CCCC)S(=O)(=O)c1c(-c2ccccc2)c(Sc2ccc(Cl)cc2)n2c(=O)[nH]c(C)nc12. The van der Waals surface area contributed by atoms with Crippen molar-refractivity contribution in [2.75, 3.05) is 13.1 Å². The Labute approximate surface area is 277 Å². The van der Waals surface area contributed by atoms with Crippen molar-refractivity contribution < 1.29 is 8.42 Å². The topological polar surface area (TPSA) is 87.5 Å². The molecule has 0 aliphatic carbocycles. The van der Waals surface area contributed by atoms with Crippen molar-refractivity contribution in [1.29, 1.82) is 0 Å². The summed E-state index contributed by atoms with van der Waals surface area (Å²) in [7, 11) is -4.12. The number of hydrogen-bond donors (Lipinski definition) is 1. The fourth-order valence-electron chi connectivity index (χ4n) is 5.83. The summed E-state index contributed by atoms with van der Waals surface area (Å²) in [5.74, 6) is 0.830. The number of unbranched alkanes of at least 4 members (excludes halogenated alkanes) is 2. The molecule has 2 heterocycles. The molecule has 4 rings (SSSR count). The monoisotopic (exact) mass is 670 g/mol. The summed E-state index contributed by atoms with van der Waals surface area (Å²) in [6.45, 7) is 11.2. The lowest BCUT2D eigenvalue weighted by Crippen LogP contribution is -2.39. The highest BCUT2D eigenvalue weighted by Crippen LogP contribution is 2.44. The summed E-state index contributed by atoms with van der Waals surface area (Å²) in [6.07, 6.45) is 7.99. The molecule has 244 valence electrons. The highest BCUT2D eigenvalue weighted by Gasteiger charge is 2.37. The van der Waals surface area contributed by atoms with Crippen molar-refractivity contribution in [3.8, 4) is 11.1 Å². The fourth-order valence-corrected chi connectivity index (χ4v) is 9.01. The Morgan fingerprint density at radius 2 is 1.49 bits per heavy atom. The number of benzene rings is 2. The molecule has 0 saturated carbocycles. The molecule has 1 N–H and O–H groups in total. The zero-order valence-corrected chi connectivity index (χ0v) is 29.6. The van der Waals surface area contributed by atoms with Gasteiger partial charge < -0.3 is 0 Å². The van der Waals surface area contributed by atoms with Crippen LogP contribution in [0.15, 0.2) is 74.2 Å². The number of rotatable bonds is 17. The summed E-state index contributed by atoms with van der Waals surface area (Å²) >= 11 is 7.52. The van der Waals surface area contributed by atoms with Gasteiger partial charge in [-0.25, -0.2) is 22.6 Å². The van der Waals surface area contributed by atoms with E-state index in [2.05, 4.69) is 32.7 Å². The standard InChI is InChI=1S/C35H47ClN4O3S2/c1-6-10-15-26(8-3)23-39(24-27(9-4)16-11-7-2)45(42,43)32-31(28-17-13-12-14-18-28)34(44-30-21-19-29(36)20-22-30)40-33(32)37-25(5)38-35(40)41/h12-14,17-22,26-27H,6-11,15-16,23-24H2,1-5H3,(H,37,38,41). The van der Waals surface area contributed by atoms with Crippen LogP contribution in [-0.4, -0.2) is 40.2 Å². The van der Waals surface area contributed by atoms with Gasteiger partial charge in [0, 0.05) is 28.6 Å². The van der Waals surface area contributed by atoms with E-state index in [1.165, 1.54) is 16.2 Å². The first-order valence-corrected chi connectivity index (χ1v) is 18.9. The van der Waals surface area contributed by atoms with Crippen molar-refractivity contribution in [3.05, 3.63) is 75.9 Å². The van der Waals surface area contributed by atoms with Crippen LogP contribution in [0.25, 0.3) is 16.8 Å². The largest absolute Gasteiger partial charge is 0.333 e. The predicted molar refractivity (Wildman–Crippen MR) is 187 cm³/mol. The maximum Gasteiger partial charge on any atom is 0.333 e. The Morgan fingerprint density at radius 3 is 2.02 bits per heavy atom. The summed E-state index contributed by atoms with van der Waals surface area (Å²) in [5.41, 5.74) is 0.932. The van der Waals surface area contributed by atoms with Gasteiger partial charge in [-0.3, -0.25) is 4.98 Å². The van der Waals surface area contributed by atoms with Crippen molar-refractivity contribution in [3.63, 3.8) is 0 Å². The molecular formula is C35H47ClN4O3S2. The second-order valence-corrected chi connectivity index (χ2v) is 15.2. The minimum Gasteiger partial charge on any atom is -0.295 e. The average molecular weight is 671 g/mol. The van der Waals surface area contributed by atoms with Crippen LogP contribution in [0.3, 0.4) is 0 Å². The molecule has 2 atom stereocenters. The maximum absolute atomic E-state index is 15.3. The normalized spacial score (nSPS) is 13.5. The van der Waals surface area contributed by atoms with Crippen LogP contribution in [-0.2, 0) is 10.0 Å². The van der Waals surface area contributed by atoms with Crippen LogP contribution in [0.5, 0.6) is 0 Å². The predicted octanol–water partition coefficient (Wildman–Crippen LogP) is 9.23. The third-order valence-electron chi connectivity index (χ3n) is 8.52. The van der Waals surface area contributed by atoms with Gasteiger partial charge in [0.1, 0.15) is 10.7 Å². The minimum atomic E-state index is -4.12. The molecule has 2 unspecified atom stereocenters. The number of halogens is 1. The lowest BCUT2D eigenvalue weighted by Gasteiger charge is -2.30. The molecule has 0 amide bonds. The Bertz CT molecular complexity index is 1680. The Kier molecular flexibility index (Phi) is 12.8. The Hall–Kier alpha value is -2.59. The Balaban J connectivity index is 2.02. The number of hydrogen-bond acceptors (Lipinski definition) is 5. The van der Waals surface area contributed by atoms with Crippen LogP contribution in [0, 0.1) is 18.8 Å². The molecular weight excluding hydrogens is 624 g/mol. The van der Waals surface area contributed by atoms with Gasteiger partial charge in [0.05, 0.1) is 5.03 Å². The van der Waals surface area contributed by atoms with E-state index < -0.39 is 15.7 Å². The molecule has 2 aromatic heterocycles. The molecule has 0 spiro atoms. The molecule has 0 fully saturated rings. The van der Waals surface area contributed by atoms with E-state index >= 15 is 8.42 Å². The third kappa shape index (κ3) is 8.42. The lowest BCUT2D eigenvalue weighted by atomic mass is 9.97. The van der Waals surface area contributed by atoms with E-state index in [0.717, 1.165) is 56.3 Å². The number of sulfonamides is 1. The van der Waals surface area contributed by atoms with Gasteiger partial charge in [-0.1, -0.05) is 120 Å². The number of H-pyrrole nitrogens is 1. The first-order chi connectivity index (χ1) is 21.6. The molecule has 0 aliphatic rings. The van der Waals surface area contributed by atoms with E-state index in [1.54, 1.807) is 23.4 Å². The summed E-state index contributed by atoms with van der Waals surface area (Å²) < 4.78 is 33.7. The second kappa shape index (κ2) is 16.3. The minimum absolute atomic E-state index is 0.0926. The summed E-state index contributed by atoms with van der Waals surface area (Å²) in [6, 6.07) is 16.8. The van der Waals surface area contributed by atoms with Gasteiger partial charge in [-0.15, -0.1) is 0 Å². The molecule has 0 aliphatic heterocycles. The van der Waals surface area contributed by atoms with Crippen molar-refractivity contribution in [2.45, 2.75) is 101 Å². The Morgan fingerprint density at radius 1 is 0.911 bits per heavy atom. The van der Waals surface area contributed by atoms with Crippen molar-refractivity contribution >= 4 is 39.0 Å². The van der Waals surface area contributed by atoms with Gasteiger partial charge >= 0.3 is 5.69 Å². The van der Waals surface area contributed by atoms with Crippen LogP contribution < -0.4 is 5.69 Å². The molecule has 10 heteroatoms. The van der Waals surface area contributed by atoms with Gasteiger partial charge in [-0.2, -0.15) is 4.31 Å². The third-order valence-corrected chi connectivity index (χ3v) is 11.7. The highest BCUT2D eigenvalue weighted by molar-refractivity contribution is 7.99. The summed E-state index contributed by atoms with van der Waals surface area (Å²) in [5, 5.41) is 1.10. The fraction of sp³-hybridized carbons (Fsp3) is 0.486. The van der Waals surface area contributed by atoms with Gasteiger partial charge in [-0.05, 0) is 61.4 Å². The first-order valence-electron chi connectivity index (χ1n) is 16.3. The van der Waals surface area contributed by atoms with Gasteiger partial charge in [0.2, 0.25) is 10.0 Å². The number of aromatic amines is 1. The summed E-state index contributed by atoms with van der Waals surface area (Å²) in [4.78, 5) is 22.1. The van der Waals surface area contributed by atoms with Crippen LogP contribution in [0.1, 0.15) is 84.9 Å². The van der Waals surface area contributed by atoms with E-state index in [1.807, 2.05) is 42.5 Å². The van der Waals surface area contributed by atoms with E-state index in [0.29, 0.717) is 40.1 Å².